The van der Waals surface area contributed by atoms with Crippen LogP contribution in [0.1, 0.15) is 31.7 Å². The van der Waals surface area contributed by atoms with Crippen molar-refractivity contribution in [1.82, 2.24) is 0 Å². The van der Waals surface area contributed by atoms with Crippen molar-refractivity contribution in [1.29, 1.82) is 0 Å². The predicted molar refractivity (Wildman–Crippen MR) is 101 cm³/mol. The molecular formula is C20H21ClN2O2. The van der Waals surface area contributed by atoms with Crippen molar-refractivity contribution in [2.24, 2.45) is 11.8 Å². The van der Waals surface area contributed by atoms with Gasteiger partial charge in [0.15, 0.2) is 0 Å². The minimum atomic E-state index is -0.0732. The lowest BCUT2D eigenvalue weighted by Gasteiger charge is -2.09. The molecule has 2 N–H and O–H groups in total. The van der Waals surface area contributed by atoms with E-state index in [4.69, 9.17) is 11.6 Å². The van der Waals surface area contributed by atoms with Crippen LogP contribution in [0.25, 0.3) is 0 Å². The predicted octanol–water partition coefficient (Wildman–Crippen LogP) is 4.68. The first kappa shape index (κ1) is 17.5. The number of hydrogen-bond acceptors (Lipinski definition) is 2. The number of anilines is 2. The number of rotatable bonds is 5. The van der Waals surface area contributed by atoms with Gasteiger partial charge in [-0.1, -0.05) is 43.6 Å². The molecule has 1 aliphatic rings. The number of amides is 2. The number of carbonyl (C=O) groups excluding carboxylic acids is 2. The van der Waals surface area contributed by atoms with Gasteiger partial charge >= 0.3 is 0 Å². The molecule has 1 fully saturated rings. The molecule has 0 spiro atoms. The normalized spacial score (nSPS) is 18.7. The molecule has 5 heteroatoms. The van der Waals surface area contributed by atoms with Crippen LogP contribution in [0.15, 0.2) is 48.5 Å². The molecule has 2 amide bonds. The lowest BCUT2D eigenvalue weighted by atomic mass is 10.1. The zero-order valence-corrected chi connectivity index (χ0v) is 15.0. The third kappa shape index (κ3) is 4.20. The monoisotopic (exact) mass is 356 g/mol. The Balaban J connectivity index is 1.57. The van der Waals surface area contributed by atoms with Gasteiger partial charge in [-0.25, -0.2) is 0 Å². The van der Waals surface area contributed by atoms with Gasteiger partial charge in [0.05, 0.1) is 0 Å². The quantitative estimate of drug-likeness (QED) is 0.817. The second kappa shape index (κ2) is 7.28. The molecule has 4 nitrogen and oxygen atoms in total. The Morgan fingerprint density at radius 3 is 2.20 bits per heavy atom. The van der Waals surface area contributed by atoms with E-state index in [0.29, 0.717) is 5.02 Å². The van der Waals surface area contributed by atoms with Crippen molar-refractivity contribution >= 4 is 34.8 Å². The highest BCUT2D eigenvalue weighted by Gasteiger charge is 2.44. The molecule has 2 aromatic carbocycles. The number of nitrogens with one attached hydrogen (secondary N) is 2. The van der Waals surface area contributed by atoms with Crippen LogP contribution in [0.4, 0.5) is 11.4 Å². The summed E-state index contributed by atoms with van der Waals surface area (Å²) in [5, 5.41) is 6.47. The number of carbonyl (C=O) groups is 2. The third-order valence-electron chi connectivity index (χ3n) is 4.38. The summed E-state index contributed by atoms with van der Waals surface area (Å²) in [6.07, 6.45) is 0.818. The van der Waals surface area contributed by atoms with Crippen molar-refractivity contribution in [2.45, 2.75) is 26.2 Å². The van der Waals surface area contributed by atoms with E-state index in [9.17, 15) is 9.59 Å². The maximum absolute atomic E-state index is 12.4. The zero-order valence-electron chi connectivity index (χ0n) is 14.3. The van der Waals surface area contributed by atoms with E-state index in [-0.39, 0.29) is 29.6 Å². The minimum Gasteiger partial charge on any atom is -0.326 e. The third-order valence-corrected chi connectivity index (χ3v) is 4.72. The van der Waals surface area contributed by atoms with Gasteiger partial charge < -0.3 is 10.6 Å². The SMILES string of the molecule is CC(C)C(=O)Nc1ccc(NC(=O)C2CC2c2ccccc2Cl)cc1. The molecule has 2 unspecified atom stereocenters. The molecule has 130 valence electrons. The van der Waals surface area contributed by atoms with E-state index in [0.717, 1.165) is 23.4 Å². The van der Waals surface area contributed by atoms with Crippen molar-refractivity contribution in [2.75, 3.05) is 10.6 Å². The van der Waals surface area contributed by atoms with E-state index < -0.39 is 0 Å². The molecule has 0 aromatic heterocycles. The maximum atomic E-state index is 12.4. The fourth-order valence-corrected chi connectivity index (χ4v) is 3.04. The van der Waals surface area contributed by atoms with Gasteiger partial charge in [-0.15, -0.1) is 0 Å². The molecule has 0 bridgehead atoms. The van der Waals surface area contributed by atoms with Crippen molar-refractivity contribution in [3.05, 3.63) is 59.1 Å². The highest BCUT2D eigenvalue weighted by atomic mass is 35.5. The number of hydrogen-bond donors (Lipinski definition) is 2. The zero-order chi connectivity index (χ0) is 18.0. The average Bonchev–Trinajstić information content (AvgIpc) is 3.37. The molecule has 0 saturated heterocycles. The van der Waals surface area contributed by atoms with Gasteiger partial charge in [-0.05, 0) is 48.2 Å². The Morgan fingerprint density at radius 2 is 1.60 bits per heavy atom. The van der Waals surface area contributed by atoms with Crippen LogP contribution in [-0.4, -0.2) is 11.8 Å². The van der Waals surface area contributed by atoms with Crippen LogP contribution in [-0.2, 0) is 9.59 Å². The first-order valence-electron chi connectivity index (χ1n) is 8.42. The Bertz CT molecular complexity index is 787. The molecule has 3 rings (SSSR count). The standard InChI is InChI=1S/C20H21ClN2O2/c1-12(2)19(24)22-13-7-9-14(10-8-13)23-20(25)17-11-16(17)15-5-3-4-6-18(15)21/h3-10,12,16-17H,11H2,1-2H3,(H,22,24)(H,23,25). The summed E-state index contributed by atoms with van der Waals surface area (Å²) in [4.78, 5) is 24.1. The largest absolute Gasteiger partial charge is 0.326 e. The molecular weight excluding hydrogens is 336 g/mol. The second-order valence-corrected chi connectivity index (χ2v) is 7.09. The van der Waals surface area contributed by atoms with E-state index in [2.05, 4.69) is 10.6 Å². The van der Waals surface area contributed by atoms with Crippen molar-refractivity contribution in [3.8, 4) is 0 Å². The van der Waals surface area contributed by atoms with E-state index >= 15 is 0 Å². The summed E-state index contributed by atoms with van der Waals surface area (Å²) in [5.74, 6) is 0.0516. The molecule has 0 heterocycles. The Kier molecular flexibility index (Phi) is 5.09. The summed E-state index contributed by atoms with van der Waals surface area (Å²) in [5.41, 5.74) is 2.48. The summed E-state index contributed by atoms with van der Waals surface area (Å²) >= 11 is 6.20. The topological polar surface area (TPSA) is 58.2 Å². The second-order valence-electron chi connectivity index (χ2n) is 6.68. The van der Waals surface area contributed by atoms with Crippen LogP contribution in [0.3, 0.4) is 0 Å². The molecule has 2 atom stereocenters. The Hall–Kier alpha value is -2.33. The smallest absolute Gasteiger partial charge is 0.228 e. The van der Waals surface area contributed by atoms with Gasteiger partial charge in [0.1, 0.15) is 0 Å². The highest BCUT2D eigenvalue weighted by Crippen LogP contribution is 2.49. The molecule has 2 aromatic rings. The van der Waals surface area contributed by atoms with Crippen LogP contribution >= 0.6 is 11.6 Å². The Morgan fingerprint density at radius 1 is 1.00 bits per heavy atom. The van der Waals surface area contributed by atoms with Gasteiger partial charge in [-0.2, -0.15) is 0 Å². The maximum Gasteiger partial charge on any atom is 0.228 e. The van der Waals surface area contributed by atoms with Gasteiger partial charge in [0.2, 0.25) is 11.8 Å². The van der Waals surface area contributed by atoms with Crippen molar-refractivity contribution in [3.63, 3.8) is 0 Å². The van der Waals surface area contributed by atoms with Crippen LogP contribution < -0.4 is 10.6 Å². The molecule has 0 radical (unpaired) electrons. The van der Waals surface area contributed by atoms with E-state index in [1.54, 1.807) is 24.3 Å². The lowest BCUT2D eigenvalue weighted by Crippen LogP contribution is -2.18. The summed E-state index contributed by atoms with van der Waals surface area (Å²) in [6, 6.07) is 14.8. The van der Waals surface area contributed by atoms with Crippen LogP contribution in [0.2, 0.25) is 5.02 Å². The van der Waals surface area contributed by atoms with E-state index in [1.165, 1.54) is 0 Å². The summed E-state index contributed by atoms with van der Waals surface area (Å²) in [6.45, 7) is 3.68. The first-order chi connectivity index (χ1) is 12.0. The lowest BCUT2D eigenvalue weighted by molar-refractivity contribution is -0.119. The Labute approximate surface area is 152 Å². The average molecular weight is 357 g/mol. The summed E-state index contributed by atoms with van der Waals surface area (Å²) in [7, 11) is 0. The minimum absolute atomic E-state index is 0.00360. The molecule has 1 aliphatic carbocycles. The van der Waals surface area contributed by atoms with Gasteiger partial charge in [-0.3, -0.25) is 9.59 Å². The fraction of sp³-hybridized carbons (Fsp3) is 0.300. The van der Waals surface area contributed by atoms with Crippen molar-refractivity contribution < 1.29 is 9.59 Å². The fourth-order valence-electron chi connectivity index (χ4n) is 2.76. The highest BCUT2D eigenvalue weighted by molar-refractivity contribution is 6.31. The number of halogens is 1. The van der Waals surface area contributed by atoms with Gasteiger partial charge in [0, 0.05) is 28.2 Å². The molecule has 1 saturated carbocycles. The summed E-state index contributed by atoms with van der Waals surface area (Å²) < 4.78 is 0. The molecule has 0 aliphatic heterocycles. The van der Waals surface area contributed by atoms with Crippen LogP contribution in [0.5, 0.6) is 0 Å². The van der Waals surface area contributed by atoms with Gasteiger partial charge in [0.25, 0.3) is 0 Å². The van der Waals surface area contributed by atoms with Crippen LogP contribution in [0, 0.1) is 11.8 Å². The number of benzene rings is 2. The first-order valence-corrected chi connectivity index (χ1v) is 8.79. The van der Waals surface area contributed by atoms with E-state index in [1.807, 2.05) is 38.1 Å². The molecule has 25 heavy (non-hydrogen) atoms.